The third-order valence-corrected chi connectivity index (χ3v) is 5.85. The summed E-state index contributed by atoms with van der Waals surface area (Å²) in [6.45, 7) is 4.91. The quantitative estimate of drug-likeness (QED) is 0.718. The van der Waals surface area contributed by atoms with Crippen molar-refractivity contribution in [2.75, 3.05) is 32.8 Å². The van der Waals surface area contributed by atoms with Gasteiger partial charge in [0, 0.05) is 19.6 Å². The van der Waals surface area contributed by atoms with Gasteiger partial charge in [-0.05, 0) is 52.8 Å². The second-order valence-corrected chi connectivity index (χ2v) is 7.41. The van der Waals surface area contributed by atoms with Gasteiger partial charge >= 0.3 is 0 Å². The van der Waals surface area contributed by atoms with E-state index < -0.39 is 0 Å². The van der Waals surface area contributed by atoms with Gasteiger partial charge in [-0.1, -0.05) is 53.5 Å². The van der Waals surface area contributed by atoms with Crippen molar-refractivity contribution in [1.29, 1.82) is 0 Å². The van der Waals surface area contributed by atoms with E-state index in [-0.39, 0.29) is 0 Å². The van der Waals surface area contributed by atoms with Crippen molar-refractivity contribution < 1.29 is 4.74 Å². The summed E-state index contributed by atoms with van der Waals surface area (Å²) >= 11 is 12.3. The average molecular weight is 374 g/mol. The maximum atomic E-state index is 6.22. The lowest BCUT2D eigenvalue weighted by atomic mass is 9.94. The molecule has 2 aromatic carbocycles. The van der Waals surface area contributed by atoms with Crippen LogP contribution in [0.25, 0.3) is 16.7 Å². The van der Waals surface area contributed by atoms with Crippen LogP contribution in [0, 0.1) is 0 Å². The number of rotatable bonds is 4. The fraction of sp³-hybridized carbons (Fsp3) is 0.333. The summed E-state index contributed by atoms with van der Waals surface area (Å²) in [7, 11) is 0. The zero-order valence-electron chi connectivity index (χ0n) is 14.1. The van der Waals surface area contributed by atoms with E-state index in [4.69, 9.17) is 27.9 Å². The Morgan fingerprint density at radius 1 is 0.960 bits per heavy atom. The maximum absolute atomic E-state index is 6.22. The Balaban J connectivity index is 1.55. The summed E-state index contributed by atoms with van der Waals surface area (Å²) in [4.78, 5) is 2.49. The first-order chi connectivity index (χ1) is 12.2. The van der Waals surface area contributed by atoms with Gasteiger partial charge in [-0.25, -0.2) is 0 Å². The van der Waals surface area contributed by atoms with Crippen molar-refractivity contribution in [3.8, 4) is 11.1 Å². The highest BCUT2D eigenvalue weighted by atomic mass is 35.5. The van der Waals surface area contributed by atoms with Gasteiger partial charge in [-0.2, -0.15) is 0 Å². The molecule has 4 heteroatoms. The number of ether oxygens (including phenoxy) is 1. The number of hydrogen-bond acceptors (Lipinski definition) is 2. The monoisotopic (exact) mass is 373 g/mol. The molecule has 1 aliphatic heterocycles. The van der Waals surface area contributed by atoms with Gasteiger partial charge in [0.1, 0.15) is 0 Å². The molecular formula is C21H21Cl2NO. The second-order valence-electron chi connectivity index (χ2n) is 6.60. The normalized spacial score (nSPS) is 17.4. The molecule has 4 rings (SSSR count). The van der Waals surface area contributed by atoms with E-state index in [0.29, 0.717) is 10.0 Å². The molecular weight excluding hydrogens is 353 g/mol. The standard InChI is InChI=1S/C21H21Cl2NO/c22-20-7-5-16(14-21(20)23)18-3-1-2-17-15(4-6-19(17)18)8-9-24-10-12-25-13-11-24/h1-5,7,14H,6,8-13H2. The Morgan fingerprint density at radius 3 is 2.56 bits per heavy atom. The molecule has 0 N–H and O–H groups in total. The second kappa shape index (κ2) is 7.51. The van der Waals surface area contributed by atoms with Crippen LogP contribution in [-0.2, 0) is 11.2 Å². The minimum absolute atomic E-state index is 0.599. The van der Waals surface area contributed by atoms with Crippen LogP contribution in [0.3, 0.4) is 0 Å². The predicted octanol–water partition coefficient (Wildman–Crippen LogP) is 5.32. The van der Waals surface area contributed by atoms with Gasteiger partial charge in [0.2, 0.25) is 0 Å². The third kappa shape index (κ3) is 3.63. The molecule has 0 unspecified atom stereocenters. The summed E-state index contributed by atoms with van der Waals surface area (Å²) in [6, 6.07) is 12.5. The summed E-state index contributed by atoms with van der Waals surface area (Å²) in [5.74, 6) is 0. The SMILES string of the molecule is Clc1ccc(-c2cccc3c2CC=C3CCN2CCOCC2)cc1Cl. The molecule has 130 valence electrons. The van der Waals surface area contributed by atoms with Crippen LogP contribution in [-0.4, -0.2) is 37.7 Å². The number of fused-ring (bicyclic) bond motifs is 1. The van der Waals surface area contributed by atoms with E-state index in [1.807, 2.05) is 12.1 Å². The molecule has 0 saturated carbocycles. The van der Waals surface area contributed by atoms with Crippen molar-refractivity contribution in [3.63, 3.8) is 0 Å². The molecule has 2 aliphatic rings. The van der Waals surface area contributed by atoms with Crippen molar-refractivity contribution in [1.82, 2.24) is 4.90 Å². The van der Waals surface area contributed by atoms with Gasteiger partial charge < -0.3 is 4.74 Å². The van der Waals surface area contributed by atoms with Gasteiger partial charge in [0.15, 0.2) is 0 Å². The predicted molar refractivity (Wildman–Crippen MR) is 105 cm³/mol. The van der Waals surface area contributed by atoms with Crippen LogP contribution in [0.1, 0.15) is 17.5 Å². The van der Waals surface area contributed by atoms with E-state index in [2.05, 4.69) is 35.2 Å². The van der Waals surface area contributed by atoms with Crippen LogP contribution in [0.15, 0.2) is 42.5 Å². The first kappa shape index (κ1) is 17.1. The van der Waals surface area contributed by atoms with Crippen LogP contribution >= 0.6 is 23.2 Å². The number of allylic oxidation sites excluding steroid dienone is 1. The number of nitrogens with zero attached hydrogens (tertiary/aromatic N) is 1. The first-order valence-electron chi connectivity index (χ1n) is 8.79. The van der Waals surface area contributed by atoms with E-state index in [0.717, 1.165) is 51.3 Å². The summed E-state index contributed by atoms with van der Waals surface area (Å²) in [5.41, 5.74) is 6.64. The molecule has 0 spiro atoms. The van der Waals surface area contributed by atoms with Crippen molar-refractivity contribution >= 4 is 28.8 Å². The third-order valence-electron chi connectivity index (χ3n) is 5.11. The van der Waals surface area contributed by atoms with E-state index in [1.54, 1.807) is 0 Å². The molecule has 1 aliphatic carbocycles. The van der Waals surface area contributed by atoms with Gasteiger partial charge in [-0.15, -0.1) is 0 Å². The topological polar surface area (TPSA) is 12.5 Å². The molecule has 1 saturated heterocycles. The number of hydrogen-bond donors (Lipinski definition) is 0. The lowest BCUT2D eigenvalue weighted by Gasteiger charge is -2.26. The van der Waals surface area contributed by atoms with Crippen LogP contribution in [0.4, 0.5) is 0 Å². The molecule has 2 nitrogen and oxygen atoms in total. The minimum Gasteiger partial charge on any atom is -0.379 e. The molecule has 0 radical (unpaired) electrons. The summed E-state index contributed by atoms with van der Waals surface area (Å²) < 4.78 is 5.43. The van der Waals surface area contributed by atoms with Crippen molar-refractivity contribution in [2.24, 2.45) is 0 Å². The lowest BCUT2D eigenvalue weighted by Crippen LogP contribution is -2.36. The molecule has 0 bridgehead atoms. The van der Waals surface area contributed by atoms with Gasteiger partial charge in [0.05, 0.1) is 23.3 Å². The fourth-order valence-corrected chi connectivity index (χ4v) is 4.02. The maximum Gasteiger partial charge on any atom is 0.0598 e. The van der Waals surface area contributed by atoms with Crippen molar-refractivity contribution in [2.45, 2.75) is 12.8 Å². The Kier molecular flexibility index (Phi) is 5.14. The zero-order chi connectivity index (χ0) is 17.2. The number of halogens is 2. The largest absolute Gasteiger partial charge is 0.379 e. The van der Waals surface area contributed by atoms with Gasteiger partial charge in [-0.3, -0.25) is 4.90 Å². The summed E-state index contributed by atoms with van der Waals surface area (Å²) in [5, 5.41) is 1.21. The number of morpholine rings is 1. The Hall–Kier alpha value is -1.32. The van der Waals surface area contributed by atoms with Gasteiger partial charge in [0.25, 0.3) is 0 Å². The smallest absolute Gasteiger partial charge is 0.0598 e. The zero-order valence-corrected chi connectivity index (χ0v) is 15.6. The van der Waals surface area contributed by atoms with Crippen LogP contribution < -0.4 is 0 Å². The Labute approximate surface area is 159 Å². The Bertz CT molecular complexity index is 810. The highest BCUT2D eigenvalue weighted by molar-refractivity contribution is 6.42. The highest BCUT2D eigenvalue weighted by Gasteiger charge is 2.19. The minimum atomic E-state index is 0.599. The molecule has 1 fully saturated rings. The van der Waals surface area contributed by atoms with E-state index in [9.17, 15) is 0 Å². The lowest BCUT2D eigenvalue weighted by molar-refractivity contribution is 0.0390. The molecule has 0 aromatic heterocycles. The Morgan fingerprint density at radius 2 is 1.76 bits per heavy atom. The molecule has 0 amide bonds. The van der Waals surface area contributed by atoms with Crippen LogP contribution in [0.2, 0.25) is 10.0 Å². The number of benzene rings is 2. The average Bonchev–Trinajstić information content (AvgIpc) is 3.06. The van der Waals surface area contributed by atoms with Crippen molar-refractivity contribution in [3.05, 3.63) is 63.6 Å². The first-order valence-corrected chi connectivity index (χ1v) is 9.55. The summed E-state index contributed by atoms with van der Waals surface area (Å²) in [6.07, 6.45) is 4.47. The van der Waals surface area contributed by atoms with Crippen LogP contribution in [0.5, 0.6) is 0 Å². The molecule has 25 heavy (non-hydrogen) atoms. The molecule has 2 aromatic rings. The van der Waals surface area contributed by atoms with E-state index >= 15 is 0 Å². The fourth-order valence-electron chi connectivity index (χ4n) is 3.72. The molecule has 0 atom stereocenters. The molecule has 1 heterocycles. The highest BCUT2D eigenvalue weighted by Crippen LogP contribution is 2.38. The van der Waals surface area contributed by atoms with E-state index in [1.165, 1.54) is 22.3 Å².